The Bertz CT molecular complexity index is 392. The van der Waals surface area contributed by atoms with Crippen molar-refractivity contribution in [3.05, 3.63) is 12.2 Å². The first-order valence-electron chi connectivity index (χ1n) is 5.76. The van der Waals surface area contributed by atoms with Crippen molar-refractivity contribution in [2.45, 2.75) is 26.1 Å². The van der Waals surface area contributed by atoms with Crippen molar-refractivity contribution < 1.29 is 9.90 Å². The van der Waals surface area contributed by atoms with E-state index in [0.29, 0.717) is 19.6 Å². The molecule has 1 fully saturated rings. The Morgan fingerprint density at radius 1 is 1.71 bits per heavy atom. The van der Waals surface area contributed by atoms with Crippen molar-refractivity contribution in [2.75, 3.05) is 19.6 Å². The molecule has 0 radical (unpaired) electrons. The predicted molar refractivity (Wildman–Crippen MR) is 60.4 cm³/mol. The van der Waals surface area contributed by atoms with Crippen molar-refractivity contribution in [1.82, 2.24) is 25.0 Å². The summed E-state index contributed by atoms with van der Waals surface area (Å²) in [5.74, 6) is 0.0282. The van der Waals surface area contributed by atoms with E-state index in [4.69, 9.17) is 5.11 Å². The van der Waals surface area contributed by atoms with Crippen LogP contribution < -0.4 is 5.32 Å². The maximum absolute atomic E-state index is 11.1. The molecule has 94 valence electrons. The number of carboxylic acid groups (broad SMARTS) is 1. The SMILES string of the molecule is CCn1ncnc1CN1CCNCC1C(=O)O. The van der Waals surface area contributed by atoms with Gasteiger partial charge < -0.3 is 10.4 Å². The van der Waals surface area contributed by atoms with Gasteiger partial charge in [0, 0.05) is 26.2 Å². The Morgan fingerprint density at radius 3 is 3.24 bits per heavy atom. The lowest BCUT2D eigenvalue weighted by Gasteiger charge is -2.32. The lowest BCUT2D eigenvalue weighted by atomic mass is 10.2. The third-order valence-corrected chi connectivity index (χ3v) is 2.98. The highest BCUT2D eigenvalue weighted by Gasteiger charge is 2.29. The summed E-state index contributed by atoms with van der Waals surface area (Å²) in [6.45, 7) is 5.28. The number of hydrogen-bond donors (Lipinski definition) is 2. The Hall–Kier alpha value is -1.47. The van der Waals surface area contributed by atoms with E-state index in [1.165, 1.54) is 6.33 Å². The predicted octanol–water partition coefficient (Wildman–Crippen LogP) is -0.844. The van der Waals surface area contributed by atoms with Gasteiger partial charge in [0.15, 0.2) is 0 Å². The normalized spacial score (nSPS) is 21.6. The molecule has 2 N–H and O–H groups in total. The molecule has 0 aliphatic carbocycles. The molecule has 1 aromatic rings. The standard InChI is InChI=1S/C10H17N5O2/c1-2-15-9(12-7-13-15)6-14-4-3-11-5-8(14)10(16)17/h7-8,11H,2-6H2,1H3,(H,16,17). The zero-order valence-electron chi connectivity index (χ0n) is 9.83. The van der Waals surface area contributed by atoms with Gasteiger partial charge in [-0.2, -0.15) is 5.10 Å². The molecular formula is C10H17N5O2. The number of nitrogens with zero attached hydrogens (tertiary/aromatic N) is 4. The lowest BCUT2D eigenvalue weighted by molar-refractivity contribution is -0.144. The van der Waals surface area contributed by atoms with E-state index in [-0.39, 0.29) is 0 Å². The largest absolute Gasteiger partial charge is 0.480 e. The summed E-state index contributed by atoms with van der Waals surface area (Å²) in [5.41, 5.74) is 0. The van der Waals surface area contributed by atoms with E-state index in [0.717, 1.165) is 18.9 Å². The molecule has 2 rings (SSSR count). The molecule has 0 saturated carbocycles. The van der Waals surface area contributed by atoms with Crippen LogP contribution in [-0.4, -0.2) is 56.4 Å². The zero-order valence-corrected chi connectivity index (χ0v) is 9.83. The Kier molecular flexibility index (Phi) is 3.70. The van der Waals surface area contributed by atoms with Crippen molar-refractivity contribution in [3.63, 3.8) is 0 Å². The number of carboxylic acids is 1. The first-order chi connectivity index (χ1) is 8.22. The maximum Gasteiger partial charge on any atom is 0.322 e. The van der Waals surface area contributed by atoms with E-state index in [1.54, 1.807) is 4.68 Å². The van der Waals surface area contributed by atoms with E-state index in [1.807, 2.05) is 11.8 Å². The fourth-order valence-corrected chi connectivity index (χ4v) is 2.04. The van der Waals surface area contributed by atoms with Gasteiger partial charge in [0.05, 0.1) is 6.54 Å². The lowest BCUT2D eigenvalue weighted by Crippen LogP contribution is -2.54. The topological polar surface area (TPSA) is 83.3 Å². The molecule has 1 unspecified atom stereocenters. The molecule has 1 aliphatic heterocycles. The minimum absolute atomic E-state index is 0.481. The van der Waals surface area contributed by atoms with Gasteiger partial charge in [0.25, 0.3) is 0 Å². The second kappa shape index (κ2) is 5.24. The molecular weight excluding hydrogens is 222 g/mol. The third kappa shape index (κ3) is 2.62. The van der Waals surface area contributed by atoms with Gasteiger partial charge in [-0.15, -0.1) is 0 Å². The average molecular weight is 239 g/mol. The second-order valence-corrected chi connectivity index (χ2v) is 4.02. The number of nitrogens with one attached hydrogen (secondary N) is 1. The van der Waals surface area contributed by atoms with E-state index < -0.39 is 12.0 Å². The number of hydrogen-bond acceptors (Lipinski definition) is 5. The summed E-state index contributed by atoms with van der Waals surface area (Å²) in [5, 5.41) is 16.3. The molecule has 7 nitrogen and oxygen atoms in total. The van der Waals surface area contributed by atoms with Crippen LogP contribution in [0, 0.1) is 0 Å². The molecule has 0 spiro atoms. The summed E-state index contributed by atoms with van der Waals surface area (Å²) in [4.78, 5) is 17.2. The number of aliphatic carboxylic acids is 1. The van der Waals surface area contributed by atoms with Gasteiger partial charge in [-0.05, 0) is 6.92 Å². The molecule has 1 atom stereocenters. The number of aromatic nitrogens is 3. The first kappa shape index (κ1) is 12.0. The molecule has 1 aromatic heterocycles. The summed E-state index contributed by atoms with van der Waals surface area (Å²) in [6.07, 6.45) is 1.51. The number of aryl methyl sites for hydroxylation is 1. The highest BCUT2D eigenvalue weighted by atomic mass is 16.4. The van der Waals surface area contributed by atoms with Gasteiger partial charge in [0.2, 0.25) is 0 Å². The second-order valence-electron chi connectivity index (χ2n) is 4.02. The number of piperazine rings is 1. The molecule has 17 heavy (non-hydrogen) atoms. The van der Waals surface area contributed by atoms with E-state index in [2.05, 4.69) is 15.4 Å². The number of carbonyl (C=O) groups is 1. The maximum atomic E-state index is 11.1. The summed E-state index contributed by atoms with van der Waals surface area (Å²) >= 11 is 0. The van der Waals surface area contributed by atoms with Crippen LogP contribution in [-0.2, 0) is 17.9 Å². The third-order valence-electron chi connectivity index (χ3n) is 2.98. The Morgan fingerprint density at radius 2 is 2.53 bits per heavy atom. The minimum Gasteiger partial charge on any atom is -0.480 e. The molecule has 7 heteroatoms. The Balaban J connectivity index is 2.08. The molecule has 0 bridgehead atoms. The fourth-order valence-electron chi connectivity index (χ4n) is 2.04. The molecule has 1 aliphatic rings. The summed E-state index contributed by atoms with van der Waals surface area (Å²) < 4.78 is 1.79. The molecule has 0 aromatic carbocycles. The van der Waals surface area contributed by atoms with Crippen LogP contribution in [0.4, 0.5) is 0 Å². The molecule has 2 heterocycles. The van der Waals surface area contributed by atoms with Crippen molar-refractivity contribution >= 4 is 5.97 Å². The summed E-state index contributed by atoms with van der Waals surface area (Å²) in [6, 6.07) is -0.481. The van der Waals surface area contributed by atoms with Crippen molar-refractivity contribution in [1.29, 1.82) is 0 Å². The van der Waals surface area contributed by atoms with Crippen molar-refractivity contribution in [3.8, 4) is 0 Å². The number of rotatable bonds is 4. The van der Waals surface area contributed by atoms with Crippen LogP contribution in [0.2, 0.25) is 0 Å². The van der Waals surface area contributed by atoms with E-state index in [9.17, 15) is 4.79 Å². The molecule has 1 saturated heterocycles. The first-order valence-corrected chi connectivity index (χ1v) is 5.76. The van der Waals surface area contributed by atoms with Crippen LogP contribution in [0.3, 0.4) is 0 Å². The smallest absolute Gasteiger partial charge is 0.322 e. The van der Waals surface area contributed by atoms with E-state index >= 15 is 0 Å². The van der Waals surface area contributed by atoms with Crippen molar-refractivity contribution in [2.24, 2.45) is 0 Å². The Labute approximate surface area is 99.4 Å². The van der Waals surface area contributed by atoms with Crippen LogP contribution in [0.25, 0.3) is 0 Å². The van der Waals surface area contributed by atoms with Crippen LogP contribution in [0.15, 0.2) is 6.33 Å². The quantitative estimate of drug-likeness (QED) is 0.712. The molecule has 0 amide bonds. The fraction of sp³-hybridized carbons (Fsp3) is 0.700. The summed E-state index contributed by atoms with van der Waals surface area (Å²) in [7, 11) is 0. The monoisotopic (exact) mass is 239 g/mol. The highest BCUT2D eigenvalue weighted by Crippen LogP contribution is 2.08. The van der Waals surface area contributed by atoms with Crippen LogP contribution in [0.1, 0.15) is 12.7 Å². The van der Waals surface area contributed by atoms with Crippen LogP contribution in [0.5, 0.6) is 0 Å². The minimum atomic E-state index is -0.792. The van der Waals surface area contributed by atoms with Gasteiger partial charge in [-0.25, -0.2) is 9.67 Å². The van der Waals surface area contributed by atoms with Gasteiger partial charge in [-0.1, -0.05) is 0 Å². The highest BCUT2D eigenvalue weighted by molar-refractivity contribution is 5.73. The zero-order chi connectivity index (χ0) is 12.3. The van der Waals surface area contributed by atoms with Gasteiger partial charge in [-0.3, -0.25) is 9.69 Å². The van der Waals surface area contributed by atoms with Gasteiger partial charge >= 0.3 is 5.97 Å². The van der Waals surface area contributed by atoms with Crippen LogP contribution >= 0.6 is 0 Å². The average Bonchev–Trinajstić information content (AvgIpc) is 2.77. The van der Waals surface area contributed by atoms with Gasteiger partial charge in [0.1, 0.15) is 18.2 Å².